The minimum Gasteiger partial charge on any atom is -0.487 e. The number of hydrogen-bond donors (Lipinski definition) is 4. The molecule has 4 N–H and O–H groups in total. The molecule has 180 valence electrons. The molecule has 1 aliphatic heterocycles. The topological polar surface area (TPSA) is 99.5 Å². The highest BCUT2D eigenvalue weighted by atomic mass is 16.5. The number of rotatable bonds is 10. The van der Waals surface area contributed by atoms with Crippen molar-refractivity contribution in [1.82, 2.24) is 26.1 Å². The summed E-state index contributed by atoms with van der Waals surface area (Å²) in [7, 11) is 1.86. The van der Waals surface area contributed by atoms with Gasteiger partial charge in [0.1, 0.15) is 23.9 Å². The first-order valence-corrected chi connectivity index (χ1v) is 11.6. The van der Waals surface area contributed by atoms with E-state index in [1.54, 1.807) is 0 Å². The van der Waals surface area contributed by atoms with E-state index < -0.39 is 0 Å². The molecule has 1 atom stereocenters. The summed E-state index contributed by atoms with van der Waals surface area (Å²) in [6, 6.07) is 10.6. The van der Waals surface area contributed by atoms with Gasteiger partial charge in [-0.3, -0.25) is 5.01 Å². The van der Waals surface area contributed by atoms with Crippen LogP contribution in [0.15, 0.2) is 52.9 Å². The third-order valence-electron chi connectivity index (χ3n) is 5.93. The largest absolute Gasteiger partial charge is 0.487 e. The average Bonchev–Trinajstić information content (AvgIpc) is 3.47. The van der Waals surface area contributed by atoms with E-state index in [4.69, 9.17) is 9.26 Å². The van der Waals surface area contributed by atoms with E-state index >= 15 is 0 Å². The van der Waals surface area contributed by atoms with E-state index in [0.29, 0.717) is 19.2 Å². The molecule has 0 radical (unpaired) electrons. The molecule has 0 fully saturated rings. The highest BCUT2D eigenvalue weighted by molar-refractivity contribution is 5.75. The van der Waals surface area contributed by atoms with Crippen LogP contribution in [-0.2, 0) is 6.54 Å². The van der Waals surface area contributed by atoms with Crippen molar-refractivity contribution >= 4 is 11.5 Å². The van der Waals surface area contributed by atoms with Gasteiger partial charge in [0.25, 0.3) is 0 Å². The van der Waals surface area contributed by atoms with Gasteiger partial charge in [-0.1, -0.05) is 24.2 Å². The average molecular weight is 464 g/mol. The third kappa shape index (κ3) is 5.26. The van der Waals surface area contributed by atoms with Crippen LogP contribution < -0.4 is 26.3 Å². The Kier molecular flexibility index (Phi) is 7.22. The quantitative estimate of drug-likeness (QED) is 0.350. The van der Waals surface area contributed by atoms with Crippen molar-refractivity contribution in [3.8, 4) is 16.9 Å². The number of hydrazine groups is 2. The van der Waals surface area contributed by atoms with Crippen molar-refractivity contribution in [2.75, 3.05) is 24.3 Å². The molecule has 2 aromatic heterocycles. The molecule has 0 bridgehead atoms. The van der Waals surface area contributed by atoms with Crippen molar-refractivity contribution < 1.29 is 9.26 Å². The molecular weight excluding hydrogens is 430 g/mol. The SMILES string of the molecule is CCC(C)N1C=C(COc2cccc(CNc3cc(-c4c(C)noc4C)cnc3NC)c2)NN1. The summed E-state index contributed by atoms with van der Waals surface area (Å²) in [5, 5.41) is 12.8. The van der Waals surface area contributed by atoms with Gasteiger partial charge in [-0.15, -0.1) is 5.53 Å². The number of benzene rings is 1. The van der Waals surface area contributed by atoms with Gasteiger partial charge in [-0.05, 0) is 51.0 Å². The van der Waals surface area contributed by atoms with Gasteiger partial charge >= 0.3 is 0 Å². The zero-order chi connectivity index (χ0) is 24.1. The van der Waals surface area contributed by atoms with Crippen LogP contribution >= 0.6 is 0 Å². The van der Waals surface area contributed by atoms with E-state index in [-0.39, 0.29) is 0 Å². The number of anilines is 2. The maximum absolute atomic E-state index is 6.02. The molecule has 0 amide bonds. The second-order valence-corrected chi connectivity index (χ2v) is 8.41. The van der Waals surface area contributed by atoms with E-state index in [0.717, 1.165) is 57.5 Å². The van der Waals surface area contributed by atoms with Crippen molar-refractivity contribution in [3.05, 3.63) is 65.4 Å². The third-order valence-corrected chi connectivity index (χ3v) is 5.93. The van der Waals surface area contributed by atoms with Gasteiger partial charge in [0.15, 0.2) is 0 Å². The van der Waals surface area contributed by atoms with E-state index in [1.807, 2.05) is 45.3 Å². The van der Waals surface area contributed by atoms with Crippen molar-refractivity contribution in [1.29, 1.82) is 0 Å². The monoisotopic (exact) mass is 463 g/mol. The fraction of sp³-hybridized carbons (Fsp3) is 0.360. The highest BCUT2D eigenvalue weighted by Gasteiger charge is 2.16. The lowest BCUT2D eigenvalue weighted by molar-refractivity contribution is 0.202. The van der Waals surface area contributed by atoms with Gasteiger partial charge in [0, 0.05) is 43.2 Å². The number of pyridine rings is 1. The molecule has 0 spiro atoms. The Morgan fingerprint density at radius 3 is 2.82 bits per heavy atom. The second kappa shape index (κ2) is 10.5. The van der Waals surface area contributed by atoms with E-state index in [2.05, 4.69) is 68.9 Å². The van der Waals surface area contributed by atoms with E-state index in [9.17, 15) is 0 Å². The first-order chi connectivity index (χ1) is 16.5. The van der Waals surface area contributed by atoms with Gasteiger partial charge in [0.2, 0.25) is 0 Å². The first-order valence-electron chi connectivity index (χ1n) is 11.6. The number of nitrogens with zero attached hydrogens (tertiary/aromatic N) is 3. The summed E-state index contributed by atoms with van der Waals surface area (Å²) in [6.45, 7) is 9.27. The first kappa shape index (κ1) is 23.4. The fourth-order valence-corrected chi connectivity index (χ4v) is 3.81. The lowest BCUT2D eigenvalue weighted by Gasteiger charge is -2.21. The molecule has 9 nitrogen and oxygen atoms in total. The molecule has 1 aromatic carbocycles. The maximum atomic E-state index is 6.02. The molecule has 34 heavy (non-hydrogen) atoms. The van der Waals surface area contributed by atoms with Gasteiger partial charge < -0.3 is 25.3 Å². The van der Waals surface area contributed by atoms with Crippen molar-refractivity contribution in [2.45, 2.75) is 46.7 Å². The number of hydrogen-bond acceptors (Lipinski definition) is 9. The molecule has 0 saturated carbocycles. The Hall–Kier alpha value is -3.72. The van der Waals surface area contributed by atoms with Gasteiger partial charge in [-0.2, -0.15) is 0 Å². The summed E-state index contributed by atoms with van der Waals surface area (Å²) < 4.78 is 11.3. The Bertz CT molecular complexity index is 1140. The zero-order valence-electron chi connectivity index (χ0n) is 20.4. The van der Waals surface area contributed by atoms with Gasteiger partial charge in [-0.25, -0.2) is 4.98 Å². The molecule has 0 aliphatic carbocycles. The van der Waals surface area contributed by atoms with Crippen LogP contribution in [0.5, 0.6) is 5.75 Å². The Labute approximate surface area is 200 Å². The van der Waals surface area contributed by atoms with Crippen LogP contribution in [0, 0.1) is 13.8 Å². The number of aryl methyl sites for hydroxylation is 2. The summed E-state index contributed by atoms with van der Waals surface area (Å²) in [5.41, 5.74) is 12.1. The lowest BCUT2D eigenvalue weighted by Crippen LogP contribution is -2.41. The summed E-state index contributed by atoms with van der Waals surface area (Å²) in [5.74, 6) is 2.38. The predicted molar refractivity (Wildman–Crippen MR) is 134 cm³/mol. The van der Waals surface area contributed by atoms with Crippen LogP contribution in [0.1, 0.15) is 37.3 Å². The van der Waals surface area contributed by atoms with Crippen LogP contribution in [0.3, 0.4) is 0 Å². The van der Waals surface area contributed by atoms with E-state index in [1.165, 1.54) is 0 Å². The standard InChI is InChI=1S/C25H33N7O2/c1-6-16(2)32-14-21(29-31-32)15-33-22-9-7-8-19(10-22)12-27-23-11-20(13-28-25(23)26-5)24-17(3)30-34-18(24)4/h7-11,13-14,16,27,29,31H,6,12,15H2,1-5H3,(H,26,28). The molecule has 4 rings (SSSR count). The zero-order valence-corrected chi connectivity index (χ0v) is 20.4. The predicted octanol–water partition coefficient (Wildman–Crippen LogP) is 4.35. The van der Waals surface area contributed by atoms with Crippen molar-refractivity contribution in [2.24, 2.45) is 0 Å². The molecule has 1 unspecified atom stereocenters. The fourth-order valence-electron chi connectivity index (χ4n) is 3.81. The minimum atomic E-state index is 0.410. The second-order valence-electron chi connectivity index (χ2n) is 8.41. The highest BCUT2D eigenvalue weighted by Crippen LogP contribution is 2.31. The normalized spacial score (nSPS) is 13.9. The van der Waals surface area contributed by atoms with Crippen LogP contribution in [-0.4, -0.2) is 34.8 Å². The smallest absolute Gasteiger partial charge is 0.149 e. The summed E-state index contributed by atoms with van der Waals surface area (Å²) in [4.78, 5) is 4.57. The molecule has 0 saturated heterocycles. The maximum Gasteiger partial charge on any atom is 0.149 e. The summed E-state index contributed by atoms with van der Waals surface area (Å²) >= 11 is 0. The number of ether oxygens (including phenoxy) is 1. The van der Waals surface area contributed by atoms with Crippen LogP contribution in [0.4, 0.5) is 11.5 Å². The van der Waals surface area contributed by atoms with Gasteiger partial charge in [0.05, 0.1) is 17.1 Å². The Morgan fingerprint density at radius 1 is 1.24 bits per heavy atom. The lowest BCUT2D eigenvalue weighted by atomic mass is 10.1. The summed E-state index contributed by atoms with van der Waals surface area (Å²) in [6.07, 6.45) is 4.94. The van der Waals surface area contributed by atoms with Crippen molar-refractivity contribution in [3.63, 3.8) is 0 Å². The minimum absolute atomic E-state index is 0.410. The molecular formula is C25H33N7O2. The molecule has 3 heterocycles. The number of aromatic nitrogens is 2. The molecule has 3 aromatic rings. The van der Waals surface area contributed by atoms with Crippen LogP contribution in [0.2, 0.25) is 0 Å². The van der Waals surface area contributed by atoms with Crippen LogP contribution in [0.25, 0.3) is 11.1 Å². The Balaban J connectivity index is 1.41. The molecule has 9 heteroatoms. The number of nitrogens with one attached hydrogen (secondary N) is 4. The molecule has 1 aliphatic rings. The Morgan fingerprint density at radius 2 is 2.09 bits per heavy atom.